The van der Waals surface area contributed by atoms with E-state index in [1.807, 2.05) is 19.9 Å². The van der Waals surface area contributed by atoms with Gasteiger partial charge in [0.15, 0.2) is 12.4 Å². The summed E-state index contributed by atoms with van der Waals surface area (Å²) in [6.07, 6.45) is 6.03. The lowest BCUT2D eigenvalue weighted by Gasteiger charge is -2.08. The number of esters is 1. The van der Waals surface area contributed by atoms with Gasteiger partial charge in [-0.05, 0) is 67.5 Å². The quantitative estimate of drug-likeness (QED) is 0.392. The Morgan fingerprint density at radius 1 is 1.07 bits per heavy atom. The van der Waals surface area contributed by atoms with Crippen LogP contribution in [0.1, 0.15) is 70.0 Å². The molecule has 1 N–H and O–H groups in total. The molecule has 2 aromatic rings. The van der Waals surface area contributed by atoms with Crippen LogP contribution in [-0.4, -0.2) is 24.3 Å². The average molecular weight is 414 g/mol. The predicted molar refractivity (Wildman–Crippen MR) is 115 cm³/mol. The molecular formula is C23H27NO4S. The summed E-state index contributed by atoms with van der Waals surface area (Å²) < 4.78 is 5.24. The van der Waals surface area contributed by atoms with Crippen LogP contribution in [0, 0.1) is 5.92 Å². The van der Waals surface area contributed by atoms with E-state index >= 15 is 0 Å². The number of nitrogens with one attached hydrogen (secondary N) is 1. The zero-order valence-electron chi connectivity index (χ0n) is 17.0. The molecule has 1 amide bonds. The van der Waals surface area contributed by atoms with Gasteiger partial charge >= 0.3 is 5.97 Å². The van der Waals surface area contributed by atoms with Gasteiger partial charge in [-0.1, -0.05) is 20.3 Å². The molecule has 3 rings (SSSR count). The number of amides is 1. The standard InChI is InChI=1S/C23H27NO4S/c1-15(2)12-22(26)24-18-10-8-16(9-11-18)19(25)14-28-23(27)21-13-17-6-4-3-5-7-20(17)29-21/h8-11,13,15H,3-7,12,14H2,1-2H3,(H,24,26). The minimum absolute atomic E-state index is 0.0534. The summed E-state index contributed by atoms with van der Waals surface area (Å²) in [4.78, 5) is 38.3. The lowest BCUT2D eigenvalue weighted by atomic mass is 10.1. The monoisotopic (exact) mass is 413 g/mol. The van der Waals surface area contributed by atoms with Gasteiger partial charge in [-0.15, -0.1) is 11.3 Å². The molecule has 0 fully saturated rings. The zero-order chi connectivity index (χ0) is 20.8. The minimum Gasteiger partial charge on any atom is -0.453 e. The Kier molecular flexibility index (Phi) is 7.20. The van der Waals surface area contributed by atoms with E-state index in [0.29, 0.717) is 22.5 Å². The van der Waals surface area contributed by atoms with E-state index in [4.69, 9.17) is 4.74 Å². The molecule has 0 bridgehead atoms. The van der Waals surface area contributed by atoms with Crippen molar-refractivity contribution >= 4 is 34.7 Å². The maximum atomic E-state index is 12.3. The van der Waals surface area contributed by atoms with E-state index in [2.05, 4.69) is 5.32 Å². The Morgan fingerprint density at radius 3 is 2.52 bits per heavy atom. The lowest BCUT2D eigenvalue weighted by Crippen LogP contribution is -2.15. The van der Waals surface area contributed by atoms with Crippen LogP contribution in [0.2, 0.25) is 0 Å². The normalized spacial score (nSPS) is 13.5. The first-order valence-corrected chi connectivity index (χ1v) is 11.0. The number of fused-ring (bicyclic) bond motifs is 1. The van der Waals surface area contributed by atoms with Gasteiger partial charge in [0.05, 0.1) is 0 Å². The van der Waals surface area contributed by atoms with Gasteiger partial charge in [-0.3, -0.25) is 9.59 Å². The summed E-state index contributed by atoms with van der Waals surface area (Å²) in [5.41, 5.74) is 2.34. The van der Waals surface area contributed by atoms with Gasteiger partial charge in [0.25, 0.3) is 0 Å². The highest BCUT2D eigenvalue weighted by atomic mass is 32.1. The summed E-state index contributed by atoms with van der Waals surface area (Å²) in [6.45, 7) is 3.67. The van der Waals surface area contributed by atoms with Crippen molar-refractivity contribution in [2.45, 2.75) is 52.4 Å². The van der Waals surface area contributed by atoms with E-state index in [0.717, 1.165) is 25.7 Å². The highest BCUT2D eigenvalue weighted by molar-refractivity contribution is 7.14. The van der Waals surface area contributed by atoms with Gasteiger partial charge in [-0.2, -0.15) is 0 Å². The Labute approximate surface area is 175 Å². The molecule has 0 unspecified atom stereocenters. The molecule has 1 heterocycles. The van der Waals surface area contributed by atoms with Crippen LogP contribution >= 0.6 is 11.3 Å². The Morgan fingerprint density at radius 2 is 1.79 bits per heavy atom. The van der Waals surface area contributed by atoms with E-state index in [9.17, 15) is 14.4 Å². The van der Waals surface area contributed by atoms with Gasteiger partial charge in [-0.25, -0.2) is 4.79 Å². The molecule has 5 nitrogen and oxygen atoms in total. The molecule has 1 aliphatic rings. The fourth-order valence-electron chi connectivity index (χ4n) is 3.38. The Bertz CT molecular complexity index is 859. The van der Waals surface area contributed by atoms with Crippen LogP contribution in [0.5, 0.6) is 0 Å². The number of ether oxygens (including phenoxy) is 1. The molecule has 154 valence electrons. The number of aryl methyl sites for hydroxylation is 2. The molecule has 6 heteroatoms. The number of rotatable bonds is 7. The van der Waals surface area contributed by atoms with E-state index in [1.54, 1.807) is 24.3 Å². The average Bonchev–Trinajstić information content (AvgIpc) is 2.96. The number of thiophene rings is 1. The minimum atomic E-state index is -0.436. The first-order valence-electron chi connectivity index (χ1n) is 10.1. The fourth-order valence-corrected chi connectivity index (χ4v) is 4.52. The van der Waals surface area contributed by atoms with Crippen LogP contribution < -0.4 is 5.32 Å². The van der Waals surface area contributed by atoms with Crippen molar-refractivity contribution < 1.29 is 19.1 Å². The smallest absolute Gasteiger partial charge is 0.348 e. The van der Waals surface area contributed by atoms with E-state index in [-0.39, 0.29) is 24.2 Å². The van der Waals surface area contributed by atoms with Crippen molar-refractivity contribution in [1.82, 2.24) is 0 Å². The van der Waals surface area contributed by atoms with E-state index < -0.39 is 5.97 Å². The van der Waals surface area contributed by atoms with Crippen LogP contribution in [0.25, 0.3) is 0 Å². The van der Waals surface area contributed by atoms with Crippen molar-refractivity contribution in [3.05, 3.63) is 51.2 Å². The molecule has 0 spiro atoms. The predicted octanol–water partition coefficient (Wildman–Crippen LogP) is 5.04. The van der Waals surface area contributed by atoms with E-state index in [1.165, 1.54) is 28.2 Å². The molecule has 0 atom stereocenters. The summed E-state index contributed by atoms with van der Waals surface area (Å²) in [5, 5.41) is 2.81. The molecule has 0 aliphatic heterocycles. The Balaban J connectivity index is 1.52. The number of Topliss-reactive ketones (excluding diaryl/α,β-unsaturated/α-hetero) is 1. The maximum absolute atomic E-state index is 12.3. The summed E-state index contributed by atoms with van der Waals surface area (Å²) in [6, 6.07) is 8.56. The molecular weight excluding hydrogens is 386 g/mol. The van der Waals surface area contributed by atoms with Crippen molar-refractivity contribution in [1.29, 1.82) is 0 Å². The van der Waals surface area contributed by atoms with Crippen LogP contribution in [0.15, 0.2) is 30.3 Å². The van der Waals surface area contributed by atoms with Crippen LogP contribution in [0.3, 0.4) is 0 Å². The van der Waals surface area contributed by atoms with Crippen molar-refractivity contribution in [3.63, 3.8) is 0 Å². The topological polar surface area (TPSA) is 72.5 Å². The second-order valence-electron chi connectivity index (χ2n) is 7.84. The van der Waals surface area contributed by atoms with Crippen molar-refractivity contribution in [2.24, 2.45) is 5.92 Å². The molecule has 1 aromatic heterocycles. The first kappa shape index (κ1) is 21.2. The molecule has 1 aliphatic carbocycles. The second kappa shape index (κ2) is 9.83. The third kappa shape index (κ3) is 6.00. The SMILES string of the molecule is CC(C)CC(=O)Nc1ccc(C(=O)COC(=O)c2cc3c(s2)CCCCC3)cc1. The van der Waals surface area contributed by atoms with Crippen LogP contribution in [0.4, 0.5) is 5.69 Å². The number of carbonyl (C=O) groups is 3. The summed E-state index contributed by atoms with van der Waals surface area (Å²) >= 11 is 1.49. The molecule has 0 saturated heterocycles. The number of hydrogen-bond donors (Lipinski definition) is 1. The van der Waals surface area contributed by atoms with Gasteiger partial charge in [0, 0.05) is 22.5 Å². The highest BCUT2D eigenvalue weighted by Crippen LogP contribution is 2.29. The Hall–Kier alpha value is -2.47. The molecule has 29 heavy (non-hydrogen) atoms. The maximum Gasteiger partial charge on any atom is 0.348 e. The summed E-state index contributed by atoms with van der Waals surface area (Å²) in [5.74, 6) is -0.475. The number of anilines is 1. The zero-order valence-corrected chi connectivity index (χ0v) is 17.8. The number of carbonyl (C=O) groups excluding carboxylic acids is 3. The fraction of sp³-hybridized carbons (Fsp3) is 0.435. The van der Waals surface area contributed by atoms with Crippen molar-refractivity contribution in [2.75, 3.05) is 11.9 Å². The third-order valence-electron chi connectivity index (χ3n) is 4.87. The third-order valence-corrected chi connectivity index (χ3v) is 6.08. The van der Waals surface area contributed by atoms with Crippen LogP contribution in [-0.2, 0) is 22.4 Å². The van der Waals surface area contributed by atoms with Gasteiger partial charge < -0.3 is 10.1 Å². The molecule has 1 aromatic carbocycles. The van der Waals surface area contributed by atoms with Gasteiger partial charge in [0.2, 0.25) is 5.91 Å². The molecule has 0 radical (unpaired) electrons. The van der Waals surface area contributed by atoms with Gasteiger partial charge in [0.1, 0.15) is 4.88 Å². The largest absolute Gasteiger partial charge is 0.453 e. The second-order valence-corrected chi connectivity index (χ2v) is 8.98. The molecule has 0 saturated carbocycles. The number of benzene rings is 1. The summed E-state index contributed by atoms with van der Waals surface area (Å²) in [7, 11) is 0. The lowest BCUT2D eigenvalue weighted by molar-refractivity contribution is -0.116. The number of ketones is 1. The highest BCUT2D eigenvalue weighted by Gasteiger charge is 2.18. The first-order chi connectivity index (χ1) is 13.9. The van der Waals surface area contributed by atoms with Crippen molar-refractivity contribution in [3.8, 4) is 0 Å². The number of hydrogen-bond acceptors (Lipinski definition) is 5.